The van der Waals surface area contributed by atoms with Crippen molar-refractivity contribution in [2.24, 2.45) is 0 Å². The molecule has 2 rings (SSSR count). The lowest BCUT2D eigenvalue weighted by Gasteiger charge is -2.05. The molecule has 0 saturated carbocycles. The number of phosphoric acid groups is 1. The van der Waals surface area contributed by atoms with Gasteiger partial charge in [0.15, 0.2) is 0 Å². The summed E-state index contributed by atoms with van der Waals surface area (Å²) in [5.41, 5.74) is -0.177. The van der Waals surface area contributed by atoms with Gasteiger partial charge in [0, 0.05) is 0 Å². The highest BCUT2D eigenvalue weighted by molar-refractivity contribution is 7.48. The number of phosphoric ester groups is 1. The second-order valence-corrected chi connectivity index (χ2v) is 4.07. The molecular formula is C8H5O6P. The van der Waals surface area contributed by atoms with Crippen molar-refractivity contribution < 1.29 is 28.1 Å². The van der Waals surface area contributed by atoms with Crippen molar-refractivity contribution in [1.82, 2.24) is 0 Å². The normalized spacial score (nSPS) is 18.5. The zero-order valence-corrected chi connectivity index (χ0v) is 8.14. The molecule has 0 atom stereocenters. The maximum Gasteiger partial charge on any atom is 0.589 e. The van der Waals surface area contributed by atoms with Crippen molar-refractivity contribution in [3.63, 3.8) is 0 Å². The Morgan fingerprint density at radius 2 is 1.40 bits per heavy atom. The molecule has 1 aliphatic heterocycles. The fourth-order valence-electron chi connectivity index (χ4n) is 1.17. The van der Waals surface area contributed by atoms with Gasteiger partial charge in [-0.1, -0.05) is 12.1 Å². The maximum atomic E-state index is 11.3. The Morgan fingerprint density at radius 3 is 1.80 bits per heavy atom. The molecule has 0 spiro atoms. The van der Waals surface area contributed by atoms with Crippen LogP contribution in [0.2, 0.25) is 0 Å². The van der Waals surface area contributed by atoms with E-state index in [2.05, 4.69) is 9.05 Å². The number of hydrogen-bond donors (Lipinski definition) is 1. The van der Waals surface area contributed by atoms with Crippen molar-refractivity contribution in [2.45, 2.75) is 0 Å². The second kappa shape index (κ2) is 3.18. The first-order valence-corrected chi connectivity index (χ1v) is 5.39. The van der Waals surface area contributed by atoms with E-state index in [-0.39, 0.29) is 11.1 Å². The lowest BCUT2D eigenvalue weighted by atomic mass is 10.1. The third-order valence-corrected chi connectivity index (χ3v) is 2.56. The standard InChI is InChI=1S/C8H5O6P/c9-7-5-3-1-2-4-6(5)8(10)14-15(11,12)13-7/h1-4H,(H,11,12). The van der Waals surface area contributed by atoms with Crippen LogP contribution in [0.1, 0.15) is 20.7 Å². The van der Waals surface area contributed by atoms with Crippen molar-refractivity contribution in [3.8, 4) is 0 Å². The van der Waals surface area contributed by atoms with Gasteiger partial charge in [-0.2, -0.15) is 0 Å². The fourth-order valence-corrected chi connectivity index (χ4v) is 1.82. The molecular weight excluding hydrogens is 223 g/mol. The fraction of sp³-hybridized carbons (Fsp3) is 0. The van der Waals surface area contributed by atoms with Crippen molar-refractivity contribution in [3.05, 3.63) is 35.4 Å². The minimum absolute atomic E-state index is 0.0886. The molecule has 78 valence electrons. The lowest BCUT2D eigenvalue weighted by Crippen LogP contribution is -2.04. The van der Waals surface area contributed by atoms with Crippen LogP contribution in [0.25, 0.3) is 0 Å². The van der Waals surface area contributed by atoms with Crippen LogP contribution in [-0.4, -0.2) is 16.8 Å². The van der Waals surface area contributed by atoms with Crippen molar-refractivity contribution >= 4 is 19.8 Å². The van der Waals surface area contributed by atoms with Gasteiger partial charge in [0.2, 0.25) is 0 Å². The van der Waals surface area contributed by atoms with E-state index in [0.717, 1.165) is 0 Å². The smallest absolute Gasteiger partial charge is 0.357 e. The molecule has 0 unspecified atom stereocenters. The molecule has 0 radical (unpaired) electrons. The van der Waals surface area contributed by atoms with Gasteiger partial charge in [-0.3, -0.25) is 4.89 Å². The quantitative estimate of drug-likeness (QED) is 0.669. The van der Waals surface area contributed by atoms with Crippen LogP contribution in [0, 0.1) is 0 Å². The number of rotatable bonds is 0. The summed E-state index contributed by atoms with van der Waals surface area (Å²) in [4.78, 5) is 31.5. The summed E-state index contributed by atoms with van der Waals surface area (Å²) in [7, 11) is -4.62. The van der Waals surface area contributed by atoms with Gasteiger partial charge in [0.25, 0.3) is 0 Å². The van der Waals surface area contributed by atoms with E-state index in [1.165, 1.54) is 24.3 Å². The number of fused-ring (bicyclic) bond motifs is 1. The Bertz CT molecular complexity index is 453. The molecule has 15 heavy (non-hydrogen) atoms. The second-order valence-electron chi connectivity index (χ2n) is 2.77. The van der Waals surface area contributed by atoms with Gasteiger partial charge in [0.05, 0.1) is 11.1 Å². The summed E-state index contributed by atoms with van der Waals surface area (Å²) in [5.74, 6) is -2.11. The SMILES string of the molecule is O=C1OP(=O)(O)OC(=O)c2ccccc21. The molecule has 1 aromatic rings. The van der Waals surface area contributed by atoms with E-state index >= 15 is 0 Å². The third-order valence-electron chi connectivity index (χ3n) is 1.76. The van der Waals surface area contributed by atoms with Crippen LogP contribution >= 0.6 is 7.82 Å². The summed E-state index contributed by atoms with van der Waals surface area (Å²) < 4.78 is 19.3. The zero-order valence-electron chi connectivity index (χ0n) is 7.25. The Morgan fingerprint density at radius 1 is 1.00 bits per heavy atom. The average Bonchev–Trinajstić information content (AvgIpc) is 2.23. The van der Waals surface area contributed by atoms with Crippen LogP contribution in [0.4, 0.5) is 0 Å². The molecule has 0 saturated heterocycles. The zero-order chi connectivity index (χ0) is 11.1. The Labute approximate surface area is 84.0 Å². The predicted molar refractivity (Wildman–Crippen MR) is 47.1 cm³/mol. The Hall–Kier alpha value is -1.65. The van der Waals surface area contributed by atoms with Gasteiger partial charge >= 0.3 is 19.8 Å². The van der Waals surface area contributed by atoms with Crippen LogP contribution < -0.4 is 0 Å². The summed E-state index contributed by atoms with van der Waals surface area (Å²) in [6, 6.07) is 5.62. The van der Waals surface area contributed by atoms with E-state index in [9.17, 15) is 14.2 Å². The van der Waals surface area contributed by atoms with Crippen LogP contribution in [0.15, 0.2) is 24.3 Å². The lowest BCUT2D eigenvalue weighted by molar-refractivity contribution is 0.0602. The average molecular weight is 228 g/mol. The highest BCUT2D eigenvalue weighted by Crippen LogP contribution is 2.47. The van der Waals surface area contributed by atoms with Gasteiger partial charge in [-0.25, -0.2) is 14.2 Å². The molecule has 0 bridgehead atoms. The van der Waals surface area contributed by atoms with Gasteiger partial charge in [-0.05, 0) is 12.1 Å². The first-order valence-electron chi connectivity index (χ1n) is 3.89. The Kier molecular flexibility index (Phi) is 2.10. The third kappa shape index (κ3) is 1.77. The molecule has 7 heteroatoms. The minimum atomic E-state index is -4.62. The summed E-state index contributed by atoms with van der Waals surface area (Å²) in [6.45, 7) is 0. The maximum absolute atomic E-state index is 11.3. The molecule has 0 aromatic heterocycles. The molecule has 0 amide bonds. The van der Waals surface area contributed by atoms with Crippen LogP contribution in [0.3, 0.4) is 0 Å². The number of carbonyl (C=O) groups excluding carboxylic acids is 2. The van der Waals surface area contributed by atoms with Gasteiger partial charge in [-0.15, -0.1) is 0 Å². The van der Waals surface area contributed by atoms with Gasteiger partial charge in [0.1, 0.15) is 0 Å². The Balaban J connectivity index is 2.59. The number of hydrogen-bond acceptors (Lipinski definition) is 5. The first-order chi connectivity index (χ1) is 6.99. The van der Waals surface area contributed by atoms with E-state index in [1.807, 2.05) is 0 Å². The molecule has 1 N–H and O–H groups in total. The molecule has 1 aliphatic rings. The van der Waals surface area contributed by atoms with Crippen molar-refractivity contribution in [2.75, 3.05) is 0 Å². The predicted octanol–water partition coefficient (Wildman–Crippen LogP) is 1.11. The molecule has 1 aromatic carbocycles. The van der Waals surface area contributed by atoms with Crippen LogP contribution in [-0.2, 0) is 13.6 Å². The molecule has 0 fully saturated rings. The van der Waals surface area contributed by atoms with Crippen LogP contribution in [0.5, 0.6) is 0 Å². The van der Waals surface area contributed by atoms with E-state index in [1.54, 1.807) is 0 Å². The van der Waals surface area contributed by atoms with E-state index in [4.69, 9.17) is 4.89 Å². The largest absolute Gasteiger partial charge is 0.589 e. The highest BCUT2D eigenvalue weighted by Gasteiger charge is 2.37. The molecule has 1 heterocycles. The molecule has 6 nitrogen and oxygen atoms in total. The van der Waals surface area contributed by atoms with E-state index in [0.29, 0.717) is 0 Å². The summed E-state index contributed by atoms with van der Waals surface area (Å²) in [5, 5.41) is 0. The summed E-state index contributed by atoms with van der Waals surface area (Å²) in [6.07, 6.45) is 0. The number of carbonyl (C=O) groups is 2. The van der Waals surface area contributed by atoms with E-state index < -0.39 is 19.8 Å². The minimum Gasteiger partial charge on any atom is -0.357 e. The van der Waals surface area contributed by atoms with Gasteiger partial charge < -0.3 is 9.05 Å². The summed E-state index contributed by atoms with van der Waals surface area (Å²) >= 11 is 0. The number of benzene rings is 1. The first kappa shape index (κ1) is 9.89. The monoisotopic (exact) mass is 228 g/mol. The molecule has 0 aliphatic carbocycles. The van der Waals surface area contributed by atoms with Crippen molar-refractivity contribution in [1.29, 1.82) is 0 Å². The topological polar surface area (TPSA) is 89.9 Å². The highest BCUT2D eigenvalue weighted by atomic mass is 31.2.